The molecule has 0 aromatic rings. The average molecular weight is 165 g/mol. The van der Waals surface area contributed by atoms with Crippen molar-refractivity contribution in [2.24, 2.45) is 5.41 Å². The van der Waals surface area contributed by atoms with Gasteiger partial charge >= 0.3 is 0 Å². The standard InChI is InChI=1S/C11H19N/c1-5-7-11(10(2,3)4)8-6-9-12-11/h1,12H,6-9H2,2-4H3. The second-order valence-electron chi connectivity index (χ2n) is 4.74. The Morgan fingerprint density at radius 1 is 1.50 bits per heavy atom. The maximum Gasteiger partial charge on any atom is 0.0339 e. The Hall–Kier alpha value is -0.480. The molecule has 1 saturated heterocycles. The average Bonchev–Trinajstić information content (AvgIpc) is 2.36. The molecule has 1 aliphatic rings. The molecule has 1 N–H and O–H groups in total. The van der Waals surface area contributed by atoms with Gasteiger partial charge in [-0.1, -0.05) is 20.8 Å². The van der Waals surface area contributed by atoms with Gasteiger partial charge in [-0.3, -0.25) is 0 Å². The third kappa shape index (κ3) is 1.49. The first-order valence-electron chi connectivity index (χ1n) is 4.70. The summed E-state index contributed by atoms with van der Waals surface area (Å²) in [5, 5.41) is 3.57. The Kier molecular flexibility index (Phi) is 2.49. The molecule has 12 heavy (non-hydrogen) atoms. The van der Waals surface area contributed by atoms with Gasteiger partial charge in [0.05, 0.1) is 0 Å². The molecule has 0 spiro atoms. The Bertz CT molecular complexity index is 186. The van der Waals surface area contributed by atoms with Crippen molar-refractivity contribution in [1.82, 2.24) is 5.32 Å². The van der Waals surface area contributed by atoms with Crippen LogP contribution in [-0.4, -0.2) is 12.1 Å². The largest absolute Gasteiger partial charge is 0.310 e. The van der Waals surface area contributed by atoms with Crippen LogP contribution in [0.5, 0.6) is 0 Å². The molecule has 1 fully saturated rings. The molecule has 1 heterocycles. The molecular formula is C11H19N. The second-order valence-corrected chi connectivity index (χ2v) is 4.74. The van der Waals surface area contributed by atoms with Gasteiger partial charge in [0.1, 0.15) is 0 Å². The van der Waals surface area contributed by atoms with Gasteiger partial charge in [-0.15, -0.1) is 12.3 Å². The van der Waals surface area contributed by atoms with E-state index in [0.717, 1.165) is 13.0 Å². The molecule has 0 aromatic carbocycles. The summed E-state index contributed by atoms with van der Waals surface area (Å²) in [5.41, 5.74) is 0.470. The lowest BCUT2D eigenvalue weighted by Crippen LogP contribution is -2.50. The van der Waals surface area contributed by atoms with Crippen LogP contribution in [-0.2, 0) is 0 Å². The third-order valence-electron chi connectivity index (χ3n) is 3.08. The Labute approximate surface area is 75.9 Å². The number of hydrogen-bond donors (Lipinski definition) is 1. The van der Waals surface area contributed by atoms with Gasteiger partial charge in [-0.05, 0) is 24.8 Å². The summed E-state index contributed by atoms with van der Waals surface area (Å²) >= 11 is 0. The molecule has 1 heteroatoms. The van der Waals surface area contributed by atoms with Crippen molar-refractivity contribution >= 4 is 0 Å². The van der Waals surface area contributed by atoms with Crippen LogP contribution >= 0.6 is 0 Å². The molecule has 0 aromatic heterocycles. The molecule has 1 atom stereocenters. The molecule has 0 aliphatic carbocycles. The van der Waals surface area contributed by atoms with Crippen LogP contribution in [0.2, 0.25) is 0 Å². The number of hydrogen-bond acceptors (Lipinski definition) is 1. The zero-order chi connectivity index (χ0) is 9.24. The van der Waals surface area contributed by atoms with Crippen molar-refractivity contribution in [3.05, 3.63) is 0 Å². The van der Waals surface area contributed by atoms with Crippen molar-refractivity contribution in [2.75, 3.05) is 6.54 Å². The topological polar surface area (TPSA) is 12.0 Å². The molecule has 0 bridgehead atoms. The summed E-state index contributed by atoms with van der Waals surface area (Å²) in [6.45, 7) is 7.92. The molecule has 0 saturated carbocycles. The van der Waals surface area contributed by atoms with Gasteiger partial charge in [-0.2, -0.15) is 0 Å². The first kappa shape index (κ1) is 9.61. The highest BCUT2D eigenvalue weighted by Gasteiger charge is 2.42. The van der Waals surface area contributed by atoms with Crippen LogP contribution in [0.25, 0.3) is 0 Å². The molecule has 0 amide bonds. The van der Waals surface area contributed by atoms with E-state index in [0.29, 0.717) is 0 Å². The minimum absolute atomic E-state index is 0.196. The summed E-state index contributed by atoms with van der Waals surface area (Å²) in [4.78, 5) is 0. The van der Waals surface area contributed by atoms with Gasteiger partial charge in [0.25, 0.3) is 0 Å². The minimum atomic E-state index is 0.196. The molecule has 1 unspecified atom stereocenters. The summed E-state index contributed by atoms with van der Waals surface area (Å²) < 4.78 is 0. The van der Waals surface area contributed by atoms with E-state index in [2.05, 4.69) is 32.0 Å². The second kappa shape index (κ2) is 3.11. The molecule has 1 rings (SSSR count). The van der Waals surface area contributed by atoms with Gasteiger partial charge in [-0.25, -0.2) is 0 Å². The Morgan fingerprint density at radius 2 is 2.17 bits per heavy atom. The molecule has 0 radical (unpaired) electrons. The maximum absolute atomic E-state index is 5.40. The highest BCUT2D eigenvalue weighted by molar-refractivity contribution is 5.08. The van der Waals surface area contributed by atoms with E-state index in [1.165, 1.54) is 12.8 Å². The van der Waals surface area contributed by atoms with E-state index in [1.807, 2.05) is 0 Å². The van der Waals surface area contributed by atoms with E-state index >= 15 is 0 Å². The van der Waals surface area contributed by atoms with Crippen LogP contribution in [0, 0.1) is 17.8 Å². The summed E-state index contributed by atoms with van der Waals surface area (Å²) in [6, 6.07) is 0. The molecular weight excluding hydrogens is 146 g/mol. The lowest BCUT2D eigenvalue weighted by atomic mass is 9.71. The van der Waals surface area contributed by atoms with Crippen LogP contribution < -0.4 is 5.32 Å². The highest BCUT2D eigenvalue weighted by Crippen LogP contribution is 2.39. The first-order chi connectivity index (χ1) is 5.52. The van der Waals surface area contributed by atoms with Crippen molar-refractivity contribution in [3.63, 3.8) is 0 Å². The van der Waals surface area contributed by atoms with E-state index in [1.54, 1.807) is 0 Å². The lowest BCUT2D eigenvalue weighted by molar-refractivity contribution is 0.165. The van der Waals surface area contributed by atoms with Crippen molar-refractivity contribution in [2.45, 2.75) is 45.6 Å². The fraction of sp³-hybridized carbons (Fsp3) is 0.818. The fourth-order valence-electron chi connectivity index (χ4n) is 2.04. The van der Waals surface area contributed by atoms with Gasteiger partial charge < -0.3 is 5.32 Å². The van der Waals surface area contributed by atoms with E-state index in [9.17, 15) is 0 Å². The highest BCUT2D eigenvalue weighted by atomic mass is 15.0. The van der Waals surface area contributed by atoms with Gasteiger partial charge in [0.15, 0.2) is 0 Å². The quantitative estimate of drug-likeness (QED) is 0.587. The van der Waals surface area contributed by atoms with Crippen LogP contribution in [0.4, 0.5) is 0 Å². The Balaban J connectivity index is 2.80. The van der Waals surface area contributed by atoms with E-state index < -0.39 is 0 Å². The summed E-state index contributed by atoms with van der Waals surface area (Å²) in [5.74, 6) is 2.79. The van der Waals surface area contributed by atoms with Crippen molar-refractivity contribution in [1.29, 1.82) is 0 Å². The number of rotatable bonds is 1. The predicted octanol–water partition coefficient (Wildman–Crippen LogP) is 2.18. The zero-order valence-corrected chi connectivity index (χ0v) is 8.41. The molecule has 68 valence electrons. The summed E-state index contributed by atoms with van der Waals surface area (Å²) in [6.07, 6.45) is 8.74. The third-order valence-corrected chi connectivity index (χ3v) is 3.08. The maximum atomic E-state index is 5.40. The monoisotopic (exact) mass is 165 g/mol. The Morgan fingerprint density at radius 3 is 2.50 bits per heavy atom. The summed E-state index contributed by atoms with van der Waals surface area (Å²) in [7, 11) is 0. The van der Waals surface area contributed by atoms with Crippen LogP contribution in [0.1, 0.15) is 40.0 Å². The number of nitrogens with one attached hydrogen (secondary N) is 1. The van der Waals surface area contributed by atoms with Crippen molar-refractivity contribution in [3.8, 4) is 12.3 Å². The molecule has 1 nitrogen and oxygen atoms in total. The SMILES string of the molecule is C#CCC1(C(C)(C)C)CCCN1. The van der Waals surface area contributed by atoms with E-state index in [4.69, 9.17) is 6.42 Å². The fourth-order valence-corrected chi connectivity index (χ4v) is 2.04. The smallest absolute Gasteiger partial charge is 0.0339 e. The zero-order valence-electron chi connectivity index (χ0n) is 8.41. The first-order valence-corrected chi connectivity index (χ1v) is 4.70. The van der Waals surface area contributed by atoms with Crippen LogP contribution in [0.15, 0.2) is 0 Å². The van der Waals surface area contributed by atoms with E-state index in [-0.39, 0.29) is 11.0 Å². The van der Waals surface area contributed by atoms with Gasteiger partial charge in [0.2, 0.25) is 0 Å². The predicted molar refractivity (Wildman–Crippen MR) is 52.9 cm³/mol. The number of terminal acetylenes is 1. The lowest BCUT2D eigenvalue weighted by Gasteiger charge is -2.41. The van der Waals surface area contributed by atoms with Crippen LogP contribution in [0.3, 0.4) is 0 Å². The molecule has 1 aliphatic heterocycles. The van der Waals surface area contributed by atoms with Crippen molar-refractivity contribution < 1.29 is 0 Å². The van der Waals surface area contributed by atoms with Gasteiger partial charge in [0, 0.05) is 12.0 Å². The normalized spacial score (nSPS) is 30.2. The minimum Gasteiger partial charge on any atom is -0.310 e.